The summed E-state index contributed by atoms with van der Waals surface area (Å²) in [7, 11) is 2.93. The van der Waals surface area contributed by atoms with Crippen molar-refractivity contribution >= 4 is 23.2 Å². The predicted octanol–water partition coefficient (Wildman–Crippen LogP) is 4.54. The van der Waals surface area contributed by atoms with E-state index in [-0.39, 0.29) is 18.7 Å². The third-order valence-corrected chi connectivity index (χ3v) is 8.13. The molecule has 1 aliphatic rings. The first-order valence-corrected chi connectivity index (χ1v) is 13.7. The molecule has 0 unspecified atom stereocenters. The van der Waals surface area contributed by atoms with Crippen molar-refractivity contribution in [2.75, 3.05) is 19.0 Å². The number of aliphatic hydroxyl groups is 1. The number of methoxy groups -OCH3 is 1. The summed E-state index contributed by atoms with van der Waals surface area (Å²) in [6, 6.07) is 13.3. The molecule has 1 amide bonds. The number of carbonyl (C=O) groups excluding carboxylic acids is 1. The minimum absolute atomic E-state index is 0.0411. The number of hydrogen-bond acceptors (Lipinski definition) is 6. The summed E-state index contributed by atoms with van der Waals surface area (Å²) in [6.45, 7) is 3.69. The van der Waals surface area contributed by atoms with E-state index in [0.29, 0.717) is 22.5 Å². The number of aromatic nitrogens is 3. The highest BCUT2D eigenvalue weighted by molar-refractivity contribution is 6.36. The molecule has 0 radical (unpaired) electrons. The Hall–Kier alpha value is -4.21. The largest absolute Gasteiger partial charge is 0.481 e. The van der Waals surface area contributed by atoms with Crippen LogP contribution in [0.5, 0.6) is 5.88 Å². The zero-order valence-electron chi connectivity index (χ0n) is 23.3. The highest BCUT2D eigenvalue weighted by atomic mass is 35.5. The molecule has 0 aliphatic heterocycles. The van der Waals surface area contributed by atoms with Crippen molar-refractivity contribution < 1.29 is 14.6 Å². The van der Waals surface area contributed by atoms with Crippen LogP contribution in [0.4, 0.5) is 5.69 Å². The molecule has 0 fully saturated rings. The van der Waals surface area contributed by atoms with Gasteiger partial charge in [-0.15, -0.1) is 0 Å². The zero-order chi connectivity index (χ0) is 29.4. The number of rotatable bonds is 7. The standard InChI is InChI=1S/C31H31ClN4O5/c1-17-11-12-19-15-25(34-29(41-4)26(17)19)22-9-5-8-21(27(22)32)20-7-6-10-24(18(20)2)33-28(38)23-16-36(13-14-37)31(40)35(3)30(23)39/h5-10,15-17,37H,11-14H2,1-4H3,(H,33,38)/t17-/m0/s1. The van der Waals surface area contributed by atoms with Gasteiger partial charge < -0.3 is 15.2 Å². The molecule has 1 atom stereocenters. The van der Waals surface area contributed by atoms with Crippen molar-refractivity contribution in [2.24, 2.45) is 7.05 Å². The second-order valence-corrected chi connectivity index (χ2v) is 10.6. The fourth-order valence-electron chi connectivity index (χ4n) is 5.47. The Morgan fingerprint density at radius 2 is 1.88 bits per heavy atom. The molecule has 4 aromatic rings. The van der Waals surface area contributed by atoms with E-state index >= 15 is 0 Å². The molecule has 41 heavy (non-hydrogen) atoms. The zero-order valence-corrected chi connectivity index (χ0v) is 24.1. The Morgan fingerprint density at radius 1 is 1.17 bits per heavy atom. The molecule has 2 heterocycles. The third kappa shape index (κ3) is 5.07. The van der Waals surface area contributed by atoms with Crippen molar-refractivity contribution in [1.29, 1.82) is 0 Å². The van der Waals surface area contributed by atoms with E-state index in [1.807, 2.05) is 31.2 Å². The van der Waals surface area contributed by atoms with Gasteiger partial charge >= 0.3 is 5.69 Å². The van der Waals surface area contributed by atoms with E-state index in [0.717, 1.165) is 55.5 Å². The number of aliphatic hydroxyl groups excluding tert-OH is 1. The minimum atomic E-state index is -0.724. The molecule has 5 rings (SSSR count). The van der Waals surface area contributed by atoms with Crippen LogP contribution >= 0.6 is 11.6 Å². The molecular formula is C31H31ClN4O5. The van der Waals surface area contributed by atoms with E-state index in [9.17, 15) is 19.5 Å². The van der Waals surface area contributed by atoms with Gasteiger partial charge in [0.25, 0.3) is 11.5 Å². The van der Waals surface area contributed by atoms with Gasteiger partial charge in [0.2, 0.25) is 5.88 Å². The van der Waals surface area contributed by atoms with Gasteiger partial charge in [-0.3, -0.25) is 18.7 Å². The van der Waals surface area contributed by atoms with Crippen LogP contribution in [0, 0.1) is 6.92 Å². The number of ether oxygens (including phenoxy) is 1. The molecule has 0 saturated carbocycles. The maximum absolute atomic E-state index is 13.2. The number of aryl methyl sites for hydroxylation is 1. The first kappa shape index (κ1) is 28.3. The Labute approximate surface area is 242 Å². The lowest BCUT2D eigenvalue weighted by molar-refractivity contribution is 0.102. The SMILES string of the molecule is COc1nc(-c2cccc(-c3cccc(NC(=O)c4cn(CCO)c(=O)n(C)c4=O)c3C)c2Cl)cc2c1[C@@H](C)CC2. The van der Waals surface area contributed by atoms with Crippen LogP contribution in [-0.2, 0) is 20.0 Å². The maximum Gasteiger partial charge on any atom is 0.330 e. The molecule has 1 aliphatic carbocycles. The quantitative estimate of drug-likeness (QED) is 0.335. The third-order valence-electron chi connectivity index (χ3n) is 7.73. The normalized spacial score (nSPS) is 14.1. The lowest BCUT2D eigenvalue weighted by Gasteiger charge is -2.17. The topological polar surface area (TPSA) is 115 Å². The minimum Gasteiger partial charge on any atom is -0.481 e. The fourth-order valence-corrected chi connectivity index (χ4v) is 5.79. The number of hydrogen-bond donors (Lipinski definition) is 2. The lowest BCUT2D eigenvalue weighted by Crippen LogP contribution is -2.41. The van der Waals surface area contributed by atoms with Gasteiger partial charge in [0.05, 0.1) is 31.0 Å². The van der Waals surface area contributed by atoms with Gasteiger partial charge in [-0.1, -0.05) is 48.9 Å². The summed E-state index contributed by atoms with van der Waals surface area (Å²) in [5, 5.41) is 12.6. The van der Waals surface area contributed by atoms with E-state index in [4.69, 9.17) is 21.3 Å². The van der Waals surface area contributed by atoms with Crippen LogP contribution < -0.4 is 21.3 Å². The Kier molecular flexibility index (Phi) is 7.84. The summed E-state index contributed by atoms with van der Waals surface area (Å²) in [4.78, 5) is 43.0. The first-order chi connectivity index (χ1) is 19.7. The number of nitrogens with zero attached hydrogens (tertiary/aromatic N) is 3. The number of benzene rings is 2. The molecule has 0 saturated heterocycles. The Morgan fingerprint density at radius 3 is 2.61 bits per heavy atom. The van der Waals surface area contributed by atoms with Crippen LogP contribution in [0.15, 0.2) is 58.3 Å². The number of halogens is 1. The molecule has 2 N–H and O–H groups in total. The second-order valence-electron chi connectivity index (χ2n) is 10.2. The van der Waals surface area contributed by atoms with Crippen molar-refractivity contribution in [3.05, 3.63) is 96.8 Å². The van der Waals surface area contributed by atoms with Crippen LogP contribution in [0.1, 0.15) is 46.3 Å². The van der Waals surface area contributed by atoms with Crippen LogP contribution in [-0.4, -0.2) is 38.8 Å². The van der Waals surface area contributed by atoms with Crippen molar-refractivity contribution in [3.63, 3.8) is 0 Å². The van der Waals surface area contributed by atoms with Gasteiger partial charge in [0.1, 0.15) is 5.56 Å². The van der Waals surface area contributed by atoms with Crippen LogP contribution in [0.2, 0.25) is 5.02 Å². The number of pyridine rings is 1. The fraction of sp³-hybridized carbons (Fsp3) is 0.290. The summed E-state index contributed by atoms with van der Waals surface area (Å²) in [5.74, 6) is 0.351. The van der Waals surface area contributed by atoms with E-state index in [2.05, 4.69) is 18.3 Å². The average Bonchev–Trinajstić information content (AvgIpc) is 3.34. The number of nitrogens with one attached hydrogen (secondary N) is 1. The van der Waals surface area contributed by atoms with Crippen molar-refractivity contribution in [3.8, 4) is 28.3 Å². The van der Waals surface area contributed by atoms with E-state index in [1.54, 1.807) is 19.2 Å². The smallest absolute Gasteiger partial charge is 0.330 e. The Balaban J connectivity index is 1.52. The molecule has 2 aromatic heterocycles. The van der Waals surface area contributed by atoms with Crippen LogP contribution in [0.25, 0.3) is 22.4 Å². The monoisotopic (exact) mass is 574 g/mol. The predicted molar refractivity (Wildman–Crippen MR) is 159 cm³/mol. The number of anilines is 1. The average molecular weight is 575 g/mol. The molecular weight excluding hydrogens is 544 g/mol. The Bertz CT molecular complexity index is 1790. The van der Waals surface area contributed by atoms with E-state index in [1.165, 1.54) is 18.8 Å². The van der Waals surface area contributed by atoms with Crippen molar-refractivity contribution in [2.45, 2.75) is 39.2 Å². The molecule has 2 aromatic carbocycles. The first-order valence-electron chi connectivity index (χ1n) is 13.4. The summed E-state index contributed by atoms with van der Waals surface area (Å²) < 4.78 is 7.63. The van der Waals surface area contributed by atoms with E-state index < -0.39 is 17.2 Å². The molecule has 0 bridgehead atoms. The van der Waals surface area contributed by atoms with Gasteiger partial charge in [0.15, 0.2) is 0 Å². The lowest BCUT2D eigenvalue weighted by atomic mass is 9.95. The second kappa shape index (κ2) is 11.3. The van der Waals surface area contributed by atoms with Crippen LogP contribution in [0.3, 0.4) is 0 Å². The summed E-state index contributed by atoms with van der Waals surface area (Å²) >= 11 is 7.01. The van der Waals surface area contributed by atoms with Crippen molar-refractivity contribution in [1.82, 2.24) is 14.1 Å². The molecule has 212 valence electrons. The molecule has 9 nitrogen and oxygen atoms in total. The van der Waals surface area contributed by atoms with Gasteiger partial charge in [-0.25, -0.2) is 9.78 Å². The van der Waals surface area contributed by atoms with Gasteiger partial charge in [-0.05, 0) is 54.5 Å². The van der Waals surface area contributed by atoms with Gasteiger partial charge in [-0.2, -0.15) is 0 Å². The molecule has 0 spiro atoms. The summed E-state index contributed by atoms with van der Waals surface area (Å²) in [6.07, 6.45) is 3.19. The highest BCUT2D eigenvalue weighted by Gasteiger charge is 2.26. The number of amides is 1. The maximum atomic E-state index is 13.2. The summed E-state index contributed by atoms with van der Waals surface area (Å²) in [5.41, 5.74) is 5.13. The van der Waals surface area contributed by atoms with Gasteiger partial charge in [0, 0.05) is 35.6 Å². The number of carbonyl (C=O) groups is 1. The number of fused-ring (bicyclic) bond motifs is 1. The molecule has 10 heteroatoms. The highest BCUT2D eigenvalue weighted by Crippen LogP contribution is 2.43.